The van der Waals surface area contributed by atoms with Gasteiger partial charge >= 0.3 is 0 Å². The summed E-state index contributed by atoms with van der Waals surface area (Å²) in [6, 6.07) is 8.87. The van der Waals surface area contributed by atoms with Gasteiger partial charge in [0.2, 0.25) is 0 Å². The van der Waals surface area contributed by atoms with Crippen molar-refractivity contribution in [2.75, 3.05) is 5.33 Å². The highest BCUT2D eigenvalue weighted by atomic mass is 79.9. The number of imidazole rings is 1. The predicted molar refractivity (Wildman–Crippen MR) is 83.7 cm³/mol. The number of alkyl halides is 1. The molecule has 1 atom stereocenters. The summed E-state index contributed by atoms with van der Waals surface area (Å²) in [4.78, 5) is 4.39. The van der Waals surface area contributed by atoms with Crippen LogP contribution in [0.25, 0.3) is 0 Å². The normalized spacial score (nSPS) is 12.6. The van der Waals surface area contributed by atoms with Crippen LogP contribution in [0.2, 0.25) is 0 Å². The quantitative estimate of drug-likeness (QED) is 0.738. The minimum Gasteiger partial charge on any atom is -0.338 e. The Labute approximate surface area is 124 Å². The first-order chi connectivity index (χ1) is 9.19. The molecule has 0 fully saturated rings. The standard InChI is InChI=1S/C16H21BrN2/c1-13-3-5-14(6-4-13)11-15(12-17)7-8-16-18-9-10-19(16)2/h3-6,9-10,15H,7-8,11-12H2,1-2H3. The van der Waals surface area contributed by atoms with Crippen molar-refractivity contribution in [2.24, 2.45) is 13.0 Å². The zero-order valence-corrected chi connectivity index (χ0v) is 13.2. The van der Waals surface area contributed by atoms with E-state index in [0.717, 1.165) is 18.2 Å². The molecule has 0 spiro atoms. The van der Waals surface area contributed by atoms with Crippen molar-refractivity contribution in [3.8, 4) is 0 Å². The van der Waals surface area contributed by atoms with E-state index in [4.69, 9.17) is 0 Å². The molecule has 0 N–H and O–H groups in total. The molecular weight excluding hydrogens is 300 g/mol. The Bertz CT molecular complexity index is 502. The summed E-state index contributed by atoms with van der Waals surface area (Å²) < 4.78 is 2.11. The number of hydrogen-bond acceptors (Lipinski definition) is 1. The molecule has 0 amide bonds. The van der Waals surface area contributed by atoms with Crippen LogP contribution in [0, 0.1) is 12.8 Å². The molecule has 0 bridgehead atoms. The molecule has 0 aliphatic heterocycles. The lowest BCUT2D eigenvalue weighted by molar-refractivity contribution is 0.528. The smallest absolute Gasteiger partial charge is 0.108 e. The summed E-state index contributed by atoms with van der Waals surface area (Å²) in [5.74, 6) is 1.84. The van der Waals surface area contributed by atoms with Crippen molar-refractivity contribution >= 4 is 15.9 Å². The number of rotatable bonds is 6. The van der Waals surface area contributed by atoms with Gasteiger partial charge in [0.05, 0.1) is 0 Å². The number of benzene rings is 1. The highest BCUT2D eigenvalue weighted by Crippen LogP contribution is 2.17. The summed E-state index contributed by atoms with van der Waals surface area (Å²) >= 11 is 3.64. The fourth-order valence-electron chi connectivity index (χ4n) is 2.26. The van der Waals surface area contributed by atoms with Gasteiger partial charge < -0.3 is 4.57 Å². The number of aryl methyl sites for hydroxylation is 3. The van der Waals surface area contributed by atoms with Crippen LogP contribution in [-0.2, 0) is 19.9 Å². The lowest BCUT2D eigenvalue weighted by Crippen LogP contribution is -2.09. The molecule has 0 radical (unpaired) electrons. The number of aromatic nitrogens is 2. The molecule has 2 aromatic rings. The SMILES string of the molecule is Cc1ccc(CC(CBr)CCc2nccn2C)cc1. The molecule has 0 aliphatic rings. The fourth-order valence-corrected chi connectivity index (χ4v) is 2.81. The van der Waals surface area contributed by atoms with Crippen molar-refractivity contribution in [1.82, 2.24) is 9.55 Å². The molecule has 3 heteroatoms. The molecule has 0 saturated heterocycles. The van der Waals surface area contributed by atoms with E-state index >= 15 is 0 Å². The summed E-state index contributed by atoms with van der Waals surface area (Å²) in [7, 11) is 2.06. The van der Waals surface area contributed by atoms with Gasteiger partial charge in [-0.2, -0.15) is 0 Å². The van der Waals surface area contributed by atoms with E-state index in [-0.39, 0.29) is 0 Å². The number of nitrogens with zero attached hydrogens (tertiary/aromatic N) is 2. The first-order valence-electron chi connectivity index (χ1n) is 6.76. The first-order valence-corrected chi connectivity index (χ1v) is 7.89. The van der Waals surface area contributed by atoms with Gasteiger partial charge in [-0.15, -0.1) is 0 Å². The Hall–Kier alpha value is -1.09. The third-order valence-electron chi connectivity index (χ3n) is 3.56. The largest absolute Gasteiger partial charge is 0.338 e. The van der Waals surface area contributed by atoms with Crippen LogP contribution in [0.1, 0.15) is 23.4 Å². The van der Waals surface area contributed by atoms with Crippen LogP contribution in [0.15, 0.2) is 36.7 Å². The van der Waals surface area contributed by atoms with Gasteiger partial charge in [0.25, 0.3) is 0 Å². The van der Waals surface area contributed by atoms with Crippen LogP contribution in [0.5, 0.6) is 0 Å². The maximum Gasteiger partial charge on any atom is 0.108 e. The molecule has 19 heavy (non-hydrogen) atoms. The van der Waals surface area contributed by atoms with Crippen molar-refractivity contribution < 1.29 is 0 Å². The van der Waals surface area contributed by atoms with Crippen LogP contribution in [-0.4, -0.2) is 14.9 Å². The Balaban J connectivity index is 1.90. The zero-order valence-electron chi connectivity index (χ0n) is 11.6. The van der Waals surface area contributed by atoms with E-state index in [1.165, 1.54) is 23.4 Å². The average molecular weight is 321 g/mol. The minimum absolute atomic E-state index is 0.666. The predicted octanol–water partition coefficient (Wildman–Crippen LogP) is 3.91. The topological polar surface area (TPSA) is 17.8 Å². The molecule has 1 aromatic carbocycles. The Morgan fingerprint density at radius 3 is 2.58 bits per heavy atom. The Morgan fingerprint density at radius 2 is 2.00 bits per heavy atom. The van der Waals surface area contributed by atoms with Crippen LogP contribution < -0.4 is 0 Å². The molecule has 1 heterocycles. The van der Waals surface area contributed by atoms with Gasteiger partial charge in [-0.3, -0.25) is 0 Å². The lowest BCUT2D eigenvalue weighted by Gasteiger charge is -2.14. The average Bonchev–Trinajstić information content (AvgIpc) is 2.82. The fraction of sp³-hybridized carbons (Fsp3) is 0.438. The van der Waals surface area contributed by atoms with E-state index in [1.54, 1.807) is 0 Å². The molecule has 1 aromatic heterocycles. The van der Waals surface area contributed by atoms with Gasteiger partial charge in [-0.1, -0.05) is 45.8 Å². The monoisotopic (exact) mass is 320 g/mol. The lowest BCUT2D eigenvalue weighted by atomic mass is 9.96. The van der Waals surface area contributed by atoms with Gasteiger partial charge in [0.1, 0.15) is 5.82 Å². The van der Waals surface area contributed by atoms with Crippen molar-refractivity contribution in [1.29, 1.82) is 0 Å². The second-order valence-electron chi connectivity index (χ2n) is 5.20. The van der Waals surface area contributed by atoms with Crippen molar-refractivity contribution in [3.05, 3.63) is 53.6 Å². The van der Waals surface area contributed by atoms with E-state index < -0.39 is 0 Å². The van der Waals surface area contributed by atoms with Gasteiger partial charge in [-0.05, 0) is 31.2 Å². The summed E-state index contributed by atoms with van der Waals surface area (Å²) in [6.45, 7) is 2.13. The third kappa shape index (κ3) is 4.20. The third-order valence-corrected chi connectivity index (χ3v) is 4.48. The maximum absolute atomic E-state index is 4.39. The molecule has 2 nitrogen and oxygen atoms in total. The highest BCUT2D eigenvalue weighted by Gasteiger charge is 2.10. The second kappa shape index (κ2) is 6.90. The highest BCUT2D eigenvalue weighted by molar-refractivity contribution is 9.09. The van der Waals surface area contributed by atoms with E-state index in [1.807, 2.05) is 12.4 Å². The molecule has 102 valence electrons. The number of halogens is 1. The molecule has 0 saturated carbocycles. The van der Waals surface area contributed by atoms with Gasteiger partial charge in [0, 0.05) is 31.2 Å². The molecular formula is C16H21BrN2. The molecule has 2 rings (SSSR count). The van der Waals surface area contributed by atoms with Gasteiger partial charge in [0.15, 0.2) is 0 Å². The van der Waals surface area contributed by atoms with Crippen molar-refractivity contribution in [3.63, 3.8) is 0 Å². The Kier molecular flexibility index (Phi) is 5.20. The molecule has 0 aliphatic carbocycles. The van der Waals surface area contributed by atoms with Crippen molar-refractivity contribution in [2.45, 2.75) is 26.2 Å². The summed E-state index contributed by atoms with van der Waals surface area (Å²) in [6.07, 6.45) is 7.24. The second-order valence-corrected chi connectivity index (χ2v) is 5.85. The Morgan fingerprint density at radius 1 is 1.26 bits per heavy atom. The maximum atomic E-state index is 4.39. The van der Waals surface area contributed by atoms with E-state index in [0.29, 0.717) is 5.92 Å². The summed E-state index contributed by atoms with van der Waals surface area (Å²) in [5.41, 5.74) is 2.75. The number of hydrogen-bond donors (Lipinski definition) is 0. The zero-order chi connectivity index (χ0) is 13.7. The van der Waals surface area contributed by atoms with Crippen LogP contribution in [0.3, 0.4) is 0 Å². The first kappa shape index (κ1) is 14.3. The van der Waals surface area contributed by atoms with E-state index in [2.05, 4.69) is 63.7 Å². The van der Waals surface area contributed by atoms with Crippen LogP contribution in [0.4, 0.5) is 0 Å². The molecule has 1 unspecified atom stereocenters. The van der Waals surface area contributed by atoms with Gasteiger partial charge in [-0.25, -0.2) is 4.98 Å². The van der Waals surface area contributed by atoms with Crippen LogP contribution >= 0.6 is 15.9 Å². The minimum atomic E-state index is 0.666. The summed E-state index contributed by atoms with van der Waals surface area (Å²) in [5, 5.41) is 1.05. The van der Waals surface area contributed by atoms with E-state index in [9.17, 15) is 0 Å².